The normalized spacial score (nSPS) is 16.2. The van der Waals surface area contributed by atoms with E-state index in [4.69, 9.17) is 9.84 Å². The van der Waals surface area contributed by atoms with Crippen LogP contribution in [0.5, 0.6) is 5.75 Å². The van der Waals surface area contributed by atoms with Gasteiger partial charge in [0, 0.05) is 62.8 Å². The summed E-state index contributed by atoms with van der Waals surface area (Å²) >= 11 is 0. The summed E-state index contributed by atoms with van der Waals surface area (Å²) in [5, 5.41) is 9.03. The third kappa shape index (κ3) is 4.77. The van der Waals surface area contributed by atoms with E-state index in [1.165, 1.54) is 5.56 Å². The number of para-hydroxylation sites is 1. The van der Waals surface area contributed by atoms with Gasteiger partial charge in [-0.2, -0.15) is 0 Å². The minimum absolute atomic E-state index is 0.241. The highest BCUT2D eigenvalue weighted by atomic mass is 16.5. The monoisotopic (exact) mass is 327 g/mol. The zero-order valence-electron chi connectivity index (χ0n) is 14.0. The van der Waals surface area contributed by atoms with Gasteiger partial charge in [-0.15, -0.1) is 0 Å². The standard InChI is InChI=1S/C19H25N3O2/c23-13-12-21-8-10-22(11-9-21)15-18-5-1-2-6-19(18)24-16-17-4-3-7-20-14-17/h1-7,14,23H,8-13,15-16H2. The van der Waals surface area contributed by atoms with E-state index in [1.54, 1.807) is 6.20 Å². The van der Waals surface area contributed by atoms with Gasteiger partial charge in [-0.3, -0.25) is 14.8 Å². The molecule has 128 valence electrons. The lowest BCUT2D eigenvalue weighted by Crippen LogP contribution is -2.46. The number of β-amino-alcohol motifs (C(OH)–C–C–N with tert-alkyl or cyclic N) is 1. The van der Waals surface area contributed by atoms with Crippen molar-refractivity contribution in [3.8, 4) is 5.75 Å². The third-order valence-electron chi connectivity index (χ3n) is 4.36. The number of aliphatic hydroxyl groups excluding tert-OH is 1. The van der Waals surface area contributed by atoms with Crippen LogP contribution in [0.25, 0.3) is 0 Å². The Morgan fingerprint density at radius 1 is 1.00 bits per heavy atom. The van der Waals surface area contributed by atoms with Crippen molar-refractivity contribution < 1.29 is 9.84 Å². The first-order valence-corrected chi connectivity index (χ1v) is 8.50. The van der Waals surface area contributed by atoms with Crippen molar-refractivity contribution >= 4 is 0 Å². The molecule has 1 N–H and O–H groups in total. The van der Waals surface area contributed by atoms with Crippen LogP contribution in [0.15, 0.2) is 48.8 Å². The Kier molecular flexibility index (Phi) is 6.18. The summed E-state index contributed by atoms with van der Waals surface area (Å²) in [5.74, 6) is 0.944. The summed E-state index contributed by atoms with van der Waals surface area (Å²) < 4.78 is 6.01. The summed E-state index contributed by atoms with van der Waals surface area (Å²) in [6.07, 6.45) is 3.61. The molecule has 0 aliphatic carbocycles. The van der Waals surface area contributed by atoms with Crippen molar-refractivity contribution in [2.75, 3.05) is 39.3 Å². The molecule has 24 heavy (non-hydrogen) atoms. The van der Waals surface area contributed by atoms with Crippen LogP contribution in [0, 0.1) is 0 Å². The highest BCUT2D eigenvalue weighted by molar-refractivity contribution is 5.33. The van der Waals surface area contributed by atoms with Crippen LogP contribution in [-0.4, -0.2) is 59.2 Å². The lowest BCUT2D eigenvalue weighted by molar-refractivity contribution is 0.107. The molecule has 1 fully saturated rings. The second-order valence-electron chi connectivity index (χ2n) is 6.10. The van der Waals surface area contributed by atoms with Gasteiger partial charge < -0.3 is 9.84 Å². The number of aliphatic hydroxyl groups is 1. The fraction of sp³-hybridized carbons (Fsp3) is 0.421. The van der Waals surface area contributed by atoms with E-state index >= 15 is 0 Å². The minimum Gasteiger partial charge on any atom is -0.489 e. The molecule has 0 atom stereocenters. The third-order valence-corrected chi connectivity index (χ3v) is 4.36. The number of pyridine rings is 1. The van der Waals surface area contributed by atoms with Crippen molar-refractivity contribution in [2.24, 2.45) is 0 Å². The molecular formula is C19H25N3O2. The second kappa shape index (κ2) is 8.78. The quantitative estimate of drug-likeness (QED) is 0.840. The Labute approximate surface area is 143 Å². The highest BCUT2D eigenvalue weighted by Crippen LogP contribution is 2.21. The van der Waals surface area contributed by atoms with Crippen LogP contribution < -0.4 is 4.74 Å². The van der Waals surface area contributed by atoms with Gasteiger partial charge >= 0.3 is 0 Å². The van der Waals surface area contributed by atoms with Crippen LogP contribution in [0.4, 0.5) is 0 Å². The van der Waals surface area contributed by atoms with Gasteiger partial charge in [0.1, 0.15) is 12.4 Å². The van der Waals surface area contributed by atoms with Gasteiger partial charge in [-0.25, -0.2) is 0 Å². The Balaban J connectivity index is 1.56. The van der Waals surface area contributed by atoms with Crippen LogP contribution in [0.1, 0.15) is 11.1 Å². The molecule has 2 heterocycles. The average Bonchev–Trinajstić information content (AvgIpc) is 2.64. The molecule has 0 unspecified atom stereocenters. The first-order chi connectivity index (χ1) is 11.8. The first kappa shape index (κ1) is 16.9. The number of benzene rings is 1. The fourth-order valence-corrected chi connectivity index (χ4v) is 2.97. The van der Waals surface area contributed by atoms with Crippen molar-refractivity contribution in [3.63, 3.8) is 0 Å². The molecule has 1 aromatic heterocycles. The maximum atomic E-state index is 9.03. The largest absolute Gasteiger partial charge is 0.489 e. The molecule has 0 spiro atoms. The number of piperazine rings is 1. The van der Waals surface area contributed by atoms with E-state index in [-0.39, 0.29) is 6.61 Å². The van der Waals surface area contributed by atoms with Crippen LogP contribution >= 0.6 is 0 Å². The maximum absolute atomic E-state index is 9.03. The molecule has 1 saturated heterocycles. The molecule has 0 saturated carbocycles. The lowest BCUT2D eigenvalue weighted by Gasteiger charge is -2.34. The lowest BCUT2D eigenvalue weighted by atomic mass is 10.1. The summed E-state index contributed by atoms with van der Waals surface area (Å²) in [6.45, 7) is 6.53. The van der Waals surface area contributed by atoms with E-state index in [2.05, 4.69) is 26.9 Å². The van der Waals surface area contributed by atoms with Crippen molar-refractivity contribution in [1.29, 1.82) is 0 Å². The van der Waals surface area contributed by atoms with Crippen LogP contribution in [0.3, 0.4) is 0 Å². The van der Waals surface area contributed by atoms with Crippen molar-refractivity contribution in [3.05, 3.63) is 59.9 Å². The predicted molar refractivity (Wildman–Crippen MR) is 93.8 cm³/mol. The number of aromatic nitrogens is 1. The second-order valence-corrected chi connectivity index (χ2v) is 6.10. The average molecular weight is 327 g/mol. The smallest absolute Gasteiger partial charge is 0.124 e. The minimum atomic E-state index is 0.241. The van der Waals surface area contributed by atoms with Gasteiger partial charge in [0.25, 0.3) is 0 Å². The van der Waals surface area contributed by atoms with Crippen molar-refractivity contribution in [2.45, 2.75) is 13.2 Å². The molecule has 1 aliphatic rings. The summed E-state index contributed by atoms with van der Waals surface area (Å²) in [5.41, 5.74) is 2.29. The van der Waals surface area contributed by atoms with E-state index in [0.29, 0.717) is 6.61 Å². The van der Waals surface area contributed by atoms with Crippen LogP contribution in [0.2, 0.25) is 0 Å². The number of hydrogen-bond donors (Lipinski definition) is 1. The Morgan fingerprint density at radius 2 is 1.79 bits per heavy atom. The van der Waals surface area contributed by atoms with Gasteiger partial charge in [0.2, 0.25) is 0 Å². The van der Waals surface area contributed by atoms with Gasteiger partial charge in [0.05, 0.1) is 6.61 Å². The topological polar surface area (TPSA) is 48.8 Å². The molecule has 0 amide bonds. The molecule has 3 rings (SSSR count). The van der Waals surface area contributed by atoms with Gasteiger partial charge in [-0.1, -0.05) is 24.3 Å². The number of ether oxygens (including phenoxy) is 1. The van der Waals surface area contributed by atoms with E-state index < -0.39 is 0 Å². The van der Waals surface area contributed by atoms with Crippen molar-refractivity contribution in [1.82, 2.24) is 14.8 Å². The zero-order chi connectivity index (χ0) is 16.6. The number of nitrogens with zero attached hydrogens (tertiary/aromatic N) is 3. The van der Waals surface area contributed by atoms with E-state index in [0.717, 1.165) is 50.6 Å². The summed E-state index contributed by atoms with van der Waals surface area (Å²) in [6, 6.07) is 12.2. The fourth-order valence-electron chi connectivity index (χ4n) is 2.97. The first-order valence-electron chi connectivity index (χ1n) is 8.50. The molecule has 0 radical (unpaired) electrons. The molecule has 1 aliphatic heterocycles. The zero-order valence-corrected chi connectivity index (χ0v) is 14.0. The number of rotatable bonds is 7. The van der Waals surface area contributed by atoms with Gasteiger partial charge in [0.15, 0.2) is 0 Å². The highest BCUT2D eigenvalue weighted by Gasteiger charge is 2.17. The summed E-state index contributed by atoms with van der Waals surface area (Å²) in [4.78, 5) is 8.88. The molecular weight excluding hydrogens is 302 g/mol. The van der Waals surface area contributed by atoms with Gasteiger partial charge in [-0.05, 0) is 12.1 Å². The number of hydrogen-bond acceptors (Lipinski definition) is 5. The predicted octanol–water partition coefficient (Wildman–Crippen LogP) is 1.77. The van der Waals surface area contributed by atoms with Crippen LogP contribution in [-0.2, 0) is 13.2 Å². The molecule has 0 bridgehead atoms. The van der Waals surface area contributed by atoms with E-state index in [1.807, 2.05) is 30.5 Å². The maximum Gasteiger partial charge on any atom is 0.124 e. The SMILES string of the molecule is OCCN1CCN(Cc2ccccc2OCc2cccnc2)CC1. The summed E-state index contributed by atoms with van der Waals surface area (Å²) in [7, 11) is 0. The Hall–Kier alpha value is -1.95. The Bertz CT molecular complexity index is 613. The molecule has 5 nitrogen and oxygen atoms in total. The Morgan fingerprint density at radius 3 is 2.54 bits per heavy atom. The molecule has 2 aromatic rings. The molecule has 1 aromatic carbocycles. The van der Waals surface area contributed by atoms with E-state index in [9.17, 15) is 0 Å². The molecule has 5 heteroatoms.